The van der Waals surface area contributed by atoms with E-state index < -0.39 is 39.9 Å². The van der Waals surface area contributed by atoms with Crippen LogP contribution in [-0.4, -0.2) is 102 Å². The SMILES string of the molecule is C[C@@H](NS(C)(=O)=O)[C@H]1C(=O)N2C(C(=O)O)=C(S[C@@H]3CNC(C(=O)N4CCC(O)CC4)C3)[C@H](C)[C@@H]12. The van der Waals surface area contributed by atoms with Crippen molar-refractivity contribution < 1.29 is 33.0 Å². The van der Waals surface area contributed by atoms with Crippen LogP contribution in [0.4, 0.5) is 0 Å². The number of hydrogen-bond acceptors (Lipinski definition) is 8. The average Bonchev–Trinajstić information content (AvgIpc) is 3.29. The number of likely N-dealkylation sites (tertiary alicyclic amines) is 1. The summed E-state index contributed by atoms with van der Waals surface area (Å²) >= 11 is 1.40. The number of nitrogens with one attached hydrogen (secondary N) is 2. The van der Waals surface area contributed by atoms with Crippen molar-refractivity contribution in [1.29, 1.82) is 0 Å². The van der Waals surface area contributed by atoms with Crippen molar-refractivity contribution >= 4 is 39.6 Å². The Bertz CT molecular complexity index is 1010. The number of carboxylic acids is 1. The maximum atomic E-state index is 12.9. The summed E-state index contributed by atoms with van der Waals surface area (Å²) in [6, 6.07) is -1.43. The molecule has 0 radical (unpaired) electrons. The Hall–Kier alpha value is -1.67. The summed E-state index contributed by atoms with van der Waals surface area (Å²) in [5.74, 6) is -2.47. The third-order valence-electron chi connectivity index (χ3n) is 7.19. The molecule has 0 spiro atoms. The summed E-state index contributed by atoms with van der Waals surface area (Å²) in [6.07, 6.45) is 2.35. The molecule has 2 amide bonds. The predicted molar refractivity (Wildman–Crippen MR) is 125 cm³/mol. The molecule has 6 atom stereocenters. The van der Waals surface area contributed by atoms with E-state index in [1.807, 2.05) is 6.92 Å². The van der Waals surface area contributed by atoms with E-state index in [4.69, 9.17) is 0 Å². The number of fused-ring (bicyclic) bond motifs is 1. The number of sulfonamides is 1. The van der Waals surface area contributed by atoms with E-state index in [0.717, 1.165) is 6.26 Å². The molecule has 0 aromatic carbocycles. The van der Waals surface area contributed by atoms with Gasteiger partial charge in [-0.1, -0.05) is 6.92 Å². The molecule has 34 heavy (non-hydrogen) atoms. The van der Waals surface area contributed by atoms with Crippen molar-refractivity contribution in [2.75, 3.05) is 25.9 Å². The largest absolute Gasteiger partial charge is 0.477 e. The number of carbonyl (C=O) groups is 3. The number of hydrogen-bond donors (Lipinski definition) is 4. The number of β-lactam (4-membered cyclic amide) rings is 1. The minimum Gasteiger partial charge on any atom is -0.477 e. The summed E-state index contributed by atoms with van der Waals surface area (Å²) in [7, 11) is -3.52. The van der Waals surface area contributed by atoms with Gasteiger partial charge in [-0.05, 0) is 26.2 Å². The molecular weight excluding hydrogens is 484 g/mol. The van der Waals surface area contributed by atoms with Gasteiger partial charge in [0.1, 0.15) is 5.70 Å². The number of aliphatic carboxylic acids is 1. The molecule has 4 N–H and O–H groups in total. The smallest absolute Gasteiger partial charge is 0.353 e. The third kappa shape index (κ3) is 4.72. The standard InChI is InChI=1S/C21H32N4O7S2/c1-10-16-15(11(2)23-34(3,31)32)20(28)25(16)17(21(29)30)18(10)33-13-8-14(22-9-13)19(27)24-6-4-12(26)5-7-24/h10-16,22-23,26H,4-9H2,1-3H3,(H,29,30)/t10-,11-,13+,14?,15-,16+/m1/s1. The number of aliphatic hydroxyl groups is 1. The number of piperidine rings is 1. The topological polar surface area (TPSA) is 156 Å². The van der Waals surface area contributed by atoms with E-state index in [9.17, 15) is 33.0 Å². The minimum atomic E-state index is -3.52. The molecule has 0 aromatic rings. The van der Waals surface area contributed by atoms with Gasteiger partial charge in [0.05, 0.1) is 30.4 Å². The Balaban J connectivity index is 1.44. The molecule has 0 saturated carbocycles. The Morgan fingerprint density at radius 2 is 1.91 bits per heavy atom. The Morgan fingerprint density at radius 3 is 2.50 bits per heavy atom. The van der Waals surface area contributed by atoms with E-state index in [1.54, 1.807) is 11.8 Å². The fourth-order valence-corrected chi connectivity index (χ4v) is 7.88. The van der Waals surface area contributed by atoms with Crippen LogP contribution in [0.5, 0.6) is 0 Å². The van der Waals surface area contributed by atoms with Gasteiger partial charge in [0.15, 0.2) is 0 Å². The monoisotopic (exact) mass is 516 g/mol. The molecule has 4 aliphatic heterocycles. The van der Waals surface area contributed by atoms with E-state index in [0.29, 0.717) is 43.8 Å². The summed E-state index contributed by atoms with van der Waals surface area (Å²) < 4.78 is 25.8. The second-order valence-corrected chi connectivity index (χ2v) is 12.8. The molecule has 13 heteroatoms. The highest BCUT2D eigenvalue weighted by Gasteiger charge is 2.60. The Labute approximate surface area is 203 Å². The first-order valence-corrected chi connectivity index (χ1v) is 14.3. The average molecular weight is 517 g/mol. The normalized spacial score (nSPS) is 33.2. The highest BCUT2D eigenvalue weighted by Crippen LogP contribution is 2.51. The zero-order valence-corrected chi connectivity index (χ0v) is 21.1. The number of carboxylic acid groups (broad SMARTS) is 1. The summed E-state index contributed by atoms with van der Waals surface area (Å²) in [6.45, 7) is 5.08. The van der Waals surface area contributed by atoms with Crippen LogP contribution in [0.1, 0.15) is 33.1 Å². The molecule has 190 valence electrons. The molecule has 11 nitrogen and oxygen atoms in total. The van der Waals surface area contributed by atoms with Crippen LogP contribution in [0, 0.1) is 11.8 Å². The quantitative estimate of drug-likeness (QED) is 0.316. The lowest BCUT2D eigenvalue weighted by molar-refractivity contribution is -0.157. The zero-order valence-electron chi connectivity index (χ0n) is 19.4. The van der Waals surface area contributed by atoms with Crippen molar-refractivity contribution in [3.8, 4) is 0 Å². The molecule has 0 bridgehead atoms. The Kier molecular flexibility index (Phi) is 7.04. The van der Waals surface area contributed by atoms with Gasteiger partial charge in [-0.3, -0.25) is 9.59 Å². The second kappa shape index (κ2) is 9.41. The number of amides is 2. The van der Waals surface area contributed by atoms with Crippen LogP contribution >= 0.6 is 11.8 Å². The van der Waals surface area contributed by atoms with Gasteiger partial charge in [-0.25, -0.2) is 17.9 Å². The van der Waals surface area contributed by atoms with Crippen molar-refractivity contribution in [1.82, 2.24) is 19.8 Å². The summed E-state index contributed by atoms with van der Waals surface area (Å²) in [5, 5.41) is 22.8. The maximum absolute atomic E-state index is 12.9. The van der Waals surface area contributed by atoms with Crippen molar-refractivity contribution in [3.63, 3.8) is 0 Å². The highest BCUT2D eigenvalue weighted by atomic mass is 32.2. The molecule has 4 rings (SSSR count). The van der Waals surface area contributed by atoms with Crippen molar-refractivity contribution in [2.45, 2.75) is 62.6 Å². The number of rotatable bonds is 7. The second-order valence-electron chi connectivity index (χ2n) is 9.70. The van der Waals surface area contributed by atoms with Crippen LogP contribution < -0.4 is 10.0 Å². The lowest BCUT2D eigenvalue weighted by atomic mass is 9.78. The third-order valence-corrected chi connectivity index (χ3v) is 9.50. The lowest BCUT2D eigenvalue weighted by Gasteiger charge is -2.47. The molecule has 3 fully saturated rings. The lowest BCUT2D eigenvalue weighted by Crippen LogP contribution is -2.66. The van der Waals surface area contributed by atoms with E-state index >= 15 is 0 Å². The first-order chi connectivity index (χ1) is 15.9. The first kappa shape index (κ1) is 25.4. The van der Waals surface area contributed by atoms with Crippen LogP contribution in [0.3, 0.4) is 0 Å². The van der Waals surface area contributed by atoms with Crippen LogP contribution in [0.2, 0.25) is 0 Å². The number of nitrogens with zero attached hydrogens (tertiary/aromatic N) is 2. The van der Waals surface area contributed by atoms with E-state index in [2.05, 4.69) is 10.0 Å². The number of thioether (sulfide) groups is 1. The van der Waals surface area contributed by atoms with Gasteiger partial charge in [0.2, 0.25) is 21.8 Å². The van der Waals surface area contributed by atoms with Gasteiger partial charge in [0.25, 0.3) is 0 Å². The fourth-order valence-electron chi connectivity index (χ4n) is 5.57. The van der Waals surface area contributed by atoms with Gasteiger partial charge in [-0.2, -0.15) is 0 Å². The van der Waals surface area contributed by atoms with Crippen molar-refractivity contribution in [2.24, 2.45) is 11.8 Å². The van der Waals surface area contributed by atoms with E-state index in [-0.39, 0.29) is 34.9 Å². The predicted octanol–water partition coefficient (Wildman–Crippen LogP) is -0.856. The molecule has 4 heterocycles. The van der Waals surface area contributed by atoms with E-state index in [1.165, 1.54) is 16.7 Å². The van der Waals surface area contributed by atoms with Crippen LogP contribution in [0.25, 0.3) is 0 Å². The number of carbonyl (C=O) groups excluding carboxylic acids is 2. The number of aliphatic hydroxyl groups excluding tert-OH is 1. The summed E-state index contributed by atoms with van der Waals surface area (Å²) in [5.41, 5.74) is -0.0323. The molecule has 3 saturated heterocycles. The fraction of sp³-hybridized carbons (Fsp3) is 0.762. The molecule has 0 aliphatic carbocycles. The van der Waals surface area contributed by atoms with Gasteiger partial charge < -0.3 is 25.3 Å². The van der Waals surface area contributed by atoms with Crippen LogP contribution in [-0.2, 0) is 24.4 Å². The molecule has 0 aromatic heterocycles. The van der Waals surface area contributed by atoms with Gasteiger partial charge in [0, 0.05) is 41.7 Å². The van der Waals surface area contributed by atoms with Gasteiger partial charge in [-0.15, -0.1) is 11.8 Å². The maximum Gasteiger partial charge on any atom is 0.353 e. The van der Waals surface area contributed by atoms with Gasteiger partial charge >= 0.3 is 5.97 Å². The first-order valence-electron chi connectivity index (χ1n) is 11.5. The minimum absolute atomic E-state index is 0.00152. The van der Waals surface area contributed by atoms with Crippen LogP contribution in [0.15, 0.2) is 10.6 Å². The van der Waals surface area contributed by atoms with Crippen molar-refractivity contribution in [3.05, 3.63) is 10.6 Å². The Morgan fingerprint density at radius 1 is 1.26 bits per heavy atom. The molecular formula is C21H32N4O7S2. The summed E-state index contributed by atoms with van der Waals surface area (Å²) in [4.78, 5) is 41.5. The molecule has 4 aliphatic rings. The zero-order chi connectivity index (χ0) is 24.9. The highest BCUT2D eigenvalue weighted by molar-refractivity contribution is 8.03. The molecule has 1 unspecified atom stereocenters.